The Morgan fingerprint density at radius 2 is 1.69 bits per heavy atom. The number of rotatable bonds is 9. The van der Waals surface area contributed by atoms with E-state index in [2.05, 4.69) is 10.2 Å². The first kappa shape index (κ1) is 25.5. The number of nitrogens with zero attached hydrogens (tertiary/aromatic N) is 4. The highest BCUT2D eigenvalue weighted by Gasteiger charge is 2.21. The first-order chi connectivity index (χ1) is 17.3. The Labute approximate surface area is 220 Å². The first-order valence-corrected chi connectivity index (χ1v) is 12.1. The van der Waals surface area contributed by atoms with Crippen LogP contribution in [0.25, 0.3) is 17.1 Å². The van der Waals surface area contributed by atoms with Crippen LogP contribution in [0.2, 0.25) is 10.0 Å². The molecule has 36 heavy (non-hydrogen) atoms. The number of hydrogen-bond donors (Lipinski definition) is 0. The van der Waals surface area contributed by atoms with Gasteiger partial charge in [0, 0.05) is 22.7 Å². The number of ketones is 1. The van der Waals surface area contributed by atoms with Gasteiger partial charge in [-0.2, -0.15) is 0 Å². The first-order valence-electron chi connectivity index (χ1n) is 10.4. The Kier molecular flexibility index (Phi) is 7.78. The molecular weight excluding hydrogens is 527 g/mol. The van der Waals surface area contributed by atoms with Crippen LogP contribution in [0.3, 0.4) is 0 Å². The lowest BCUT2D eigenvalue weighted by atomic mass is 10.1. The third-order valence-corrected chi connectivity index (χ3v) is 6.62. The number of nitro benzene ring substituents is 1. The van der Waals surface area contributed by atoms with Crippen LogP contribution < -0.4 is 9.47 Å². The van der Waals surface area contributed by atoms with Crippen molar-refractivity contribution in [3.63, 3.8) is 0 Å². The standard InChI is InChI=1S/C24H18Cl2N4O5S/c1-34-21-9-5-15(25)11-18(21)23-27-28-24(29(23)17-8-10-22(35-2)19(26)12-17)36-13-20(31)14-3-6-16(7-4-14)30(32)33/h3-12H,13H2,1-2H3. The van der Waals surface area contributed by atoms with Crippen molar-refractivity contribution in [1.82, 2.24) is 14.8 Å². The fraction of sp³-hybridized carbons (Fsp3) is 0.125. The Morgan fingerprint density at radius 1 is 1.00 bits per heavy atom. The van der Waals surface area contributed by atoms with Crippen LogP contribution >= 0.6 is 35.0 Å². The summed E-state index contributed by atoms with van der Waals surface area (Å²) in [7, 11) is 3.06. The molecule has 3 aromatic carbocycles. The van der Waals surface area contributed by atoms with Crippen molar-refractivity contribution in [3.8, 4) is 28.6 Å². The predicted octanol–water partition coefficient (Wildman–Crippen LogP) is 6.14. The maximum Gasteiger partial charge on any atom is 0.269 e. The van der Waals surface area contributed by atoms with Crippen LogP contribution in [0, 0.1) is 10.1 Å². The molecule has 0 spiro atoms. The third-order valence-electron chi connectivity index (χ3n) is 5.16. The summed E-state index contributed by atoms with van der Waals surface area (Å²) >= 11 is 13.8. The van der Waals surface area contributed by atoms with Gasteiger partial charge in [0.15, 0.2) is 16.8 Å². The summed E-state index contributed by atoms with van der Waals surface area (Å²) in [5.41, 5.74) is 1.49. The molecular formula is C24H18Cl2N4O5S. The van der Waals surface area contributed by atoms with E-state index in [0.717, 1.165) is 11.8 Å². The summed E-state index contributed by atoms with van der Waals surface area (Å²) in [6, 6.07) is 15.8. The number of non-ortho nitro benzene ring substituents is 1. The monoisotopic (exact) mass is 544 g/mol. The number of hydrogen-bond acceptors (Lipinski definition) is 8. The maximum atomic E-state index is 12.8. The van der Waals surface area contributed by atoms with Gasteiger partial charge < -0.3 is 9.47 Å². The van der Waals surface area contributed by atoms with Gasteiger partial charge >= 0.3 is 0 Å². The van der Waals surface area contributed by atoms with Gasteiger partial charge in [0.1, 0.15) is 11.5 Å². The van der Waals surface area contributed by atoms with Gasteiger partial charge in [0.05, 0.1) is 41.2 Å². The molecule has 12 heteroatoms. The summed E-state index contributed by atoms with van der Waals surface area (Å²) in [5, 5.41) is 20.8. The molecule has 184 valence electrons. The van der Waals surface area contributed by atoms with E-state index in [9.17, 15) is 14.9 Å². The third kappa shape index (κ3) is 5.30. The molecule has 0 radical (unpaired) electrons. The summed E-state index contributed by atoms with van der Waals surface area (Å²) in [6.45, 7) is 0. The van der Waals surface area contributed by atoms with Crippen molar-refractivity contribution in [3.05, 3.63) is 86.4 Å². The molecule has 4 rings (SSSR count). The summed E-state index contributed by atoms with van der Waals surface area (Å²) in [5.74, 6) is 1.26. The number of methoxy groups -OCH3 is 2. The Hall–Kier alpha value is -3.60. The van der Waals surface area contributed by atoms with Crippen molar-refractivity contribution in [2.24, 2.45) is 0 Å². The van der Waals surface area contributed by atoms with E-state index < -0.39 is 4.92 Å². The fourth-order valence-corrected chi connectivity index (χ4v) is 4.67. The molecule has 0 amide bonds. The summed E-state index contributed by atoms with van der Waals surface area (Å²) in [6.07, 6.45) is 0. The van der Waals surface area contributed by atoms with Crippen LogP contribution in [-0.4, -0.2) is 45.4 Å². The van der Waals surface area contributed by atoms with Crippen molar-refractivity contribution in [2.75, 3.05) is 20.0 Å². The molecule has 0 bridgehead atoms. The van der Waals surface area contributed by atoms with Crippen LogP contribution in [0.1, 0.15) is 10.4 Å². The zero-order chi connectivity index (χ0) is 25.8. The van der Waals surface area contributed by atoms with Crippen LogP contribution in [0.5, 0.6) is 11.5 Å². The highest BCUT2D eigenvalue weighted by atomic mass is 35.5. The number of thioether (sulfide) groups is 1. The molecule has 0 N–H and O–H groups in total. The smallest absolute Gasteiger partial charge is 0.269 e. The van der Waals surface area contributed by atoms with Gasteiger partial charge in [-0.1, -0.05) is 35.0 Å². The average molecular weight is 545 g/mol. The minimum absolute atomic E-state index is 0.0203. The van der Waals surface area contributed by atoms with E-state index in [4.69, 9.17) is 32.7 Å². The molecule has 0 fully saturated rings. The average Bonchev–Trinajstić information content (AvgIpc) is 3.31. The van der Waals surface area contributed by atoms with Gasteiger partial charge in [-0.05, 0) is 48.5 Å². The SMILES string of the molecule is COc1ccc(-n2c(SCC(=O)c3ccc([N+](=O)[O-])cc3)nnc2-c2cc(Cl)ccc2OC)cc1Cl. The largest absolute Gasteiger partial charge is 0.496 e. The number of ether oxygens (including phenoxy) is 2. The number of nitro groups is 1. The second-order valence-corrected chi connectivity index (χ2v) is 9.11. The van der Waals surface area contributed by atoms with Gasteiger partial charge in [-0.25, -0.2) is 0 Å². The zero-order valence-electron chi connectivity index (χ0n) is 19.0. The highest BCUT2D eigenvalue weighted by molar-refractivity contribution is 7.99. The second kappa shape index (κ2) is 11.0. The Balaban J connectivity index is 1.73. The number of carbonyl (C=O) groups is 1. The molecule has 0 unspecified atom stereocenters. The molecule has 0 aliphatic rings. The van der Waals surface area contributed by atoms with Gasteiger partial charge in [-0.15, -0.1) is 10.2 Å². The van der Waals surface area contributed by atoms with E-state index in [1.54, 1.807) is 41.0 Å². The molecule has 1 aromatic heterocycles. The van der Waals surface area contributed by atoms with Crippen LogP contribution in [0.15, 0.2) is 65.8 Å². The molecule has 1 heterocycles. The normalized spacial score (nSPS) is 10.8. The number of benzene rings is 3. The van der Waals surface area contributed by atoms with Gasteiger partial charge in [0.25, 0.3) is 5.69 Å². The van der Waals surface area contributed by atoms with E-state index in [1.165, 1.54) is 38.5 Å². The summed E-state index contributed by atoms with van der Waals surface area (Å²) in [4.78, 5) is 23.1. The minimum Gasteiger partial charge on any atom is -0.496 e. The number of halogens is 2. The highest BCUT2D eigenvalue weighted by Crippen LogP contribution is 2.37. The fourth-order valence-electron chi connectivity index (χ4n) is 3.40. The molecule has 4 aromatic rings. The van der Waals surface area contributed by atoms with Crippen molar-refractivity contribution >= 4 is 46.4 Å². The lowest BCUT2D eigenvalue weighted by Gasteiger charge is -2.14. The van der Waals surface area contributed by atoms with Gasteiger partial charge in [0.2, 0.25) is 0 Å². The molecule has 0 saturated heterocycles. The zero-order valence-corrected chi connectivity index (χ0v) is 21.3. The molecule has 0 atom stereocenters. The van der Waals surface area contributed by atoms with Gasteiger partial charge in [-0.3, -0.25) is 19.5 Å². The second-order valence-electron chi connectivity index (χ2n) is 7.32. The van der Waals surface area contributed by atoms with Crippen molar-refractivity contribution in [1.29, 1.82) is 0 Å². The van der Waals surface area contributed by atoms with E-state index in [-0.39, 0.29) is 17.2 Å². The van der Waals surface area contributed by atoms with Crippen LogP contribution in [-0.2, 0) is 0 Å². The van der Waals surface area contributed by atoms with E-state index in [0.29, 0.717) is 49.3 Å². The molecule has 0 aliphatic carbocycles. The maximum absolute atomic E-state index is 12.8. The van der Waals surface area contributed by atoms with Crippen LogP contribution in [0.4, 0.5) is 5.69 Å². The Morgan fingerprint density at radius 3 is 2.33 bits per heavy atom. The van der Waals surface area contributed by atoms with E-state index >= 15 is 0 Å². The topological polar surface area (TPSA) is 109 Å². The lowest BCUT2D eigenvalue weighted by molar-refractivity contribution is -0.384. The van der Waals surface area contributed by atoms with Crippen molar-refractivity contribution < 1.29 is 19.2 Å². The molecule has 0 aliphatic heterocycles. The number of Topliss-reactive ketones (excluding diaryl/α,β-unsaturated/α-hetero) is 1. The molecule has 0 saturated carbocycles. The summed E-state index contributed by atoms with van der Waals surface area (Å²) < 4.78 is 12.5. The number of aromatic nitrogens is 3. The van der Waals surface area contributed by atoms with E-state index in [1.807, 2.05) is 0 Å². The lowest BCUT2D eigenvalue weighted by Crippen LogP contribution is -2.05. The molecule has 9 nitrogen and oxygen atoms in total. The predicted molar refractivity (Wildman–Crippen MR) is 138 cm³/mol. The Bertz CT molecular complexity index is 1440. The quantitative estimate of drug-likeness (QED) is 0.107. The number of carbonyl (C=O) groups excluding carboxylic acids is 1. The van der Waals surface area contributed by atoms with Crippen molar-refractivity contribution in [2.45, 2.75) is 5.16 Å². The minimum atomic E-state index is -0.517.